The maximum atomic E-state index is 11.2. The third-order valence-electron chi connectivity index (χ3n) is 2.89. The monoisotopic (exact) mass is 189 g/mol. The van der Waals surface area contributed by atoms with Crippen molar-refractivity contribution in [3.63, 3.8) is 0 Å². The van der Waals surface area contributed by atoms with Crippen LogP contribution in [0.15, 0.2) is 30.3 Å². The van der Waals surface area contributed by atoms with Gasteiger partial charge >= 0.3 is 0 Å². The van der Waals surface area contributed by atoms with Crippen LogP contribution in [0.4, 0.5) is 0 Å². The highest BCUT2D eigenvalue weighted by Crippen LogP contribution is 2.21. The van der Waals surface area contributed by atoms with E-state index < -0.39 is 0 Å². The fraction of sp³-hybridized carbons (Fsp3) is 0.417. The number of benzene rings is 1. The van der Waals surface area contributed by atoms with E-state index in [9.17, 15) is 4.79 Å². The summed E-state index contributed by atoms with van der Waals surface area (Å²) >= 11 is 0. The molecule has 2 rings (SSSR count). The number of carbonyl (C=O) groups excluding carboxylic acids is 1. The first-order valence-electron chi connectivity index (χ1n) is 5.15. The van der Waals surface area contributed by atoms with Crippen LogP contribution in [0, 0.1) is 5.92 Å². The zero-order chi connectivity index (χ0) is 9.97. The molecular formula is C12H15NO. The number of carbonyl (C=O) groups is 1. The van der Waals surface area contributed by atoms with Crippen LogP contribution in [0.25, 0.3) is 0 Å². The molecule has 1 aliphatic rings. The number of amides is 1. The van der Waals surface area contributed by atoms with Crippen molar-refractivity contribution < 1.29 is 4.79 Å². The normalized spacial score (nSPS) is 25.4. The number of β-lactam (4-membered cyclic amide) rings is 1. The van der Waals surface area contributed by atoms with Gasteiger partial charge in [0.25, 0.3) is 0 Å². The molecule has 0 bridgehead atoms. The minimum atomic E-state index is 0.216. The van der Waals surface area contributed by atoms with Crippen molar-refractivity contribution in [1.29, 1.82) is 0 Å². The largest absolute Gasteiger partial charge is 0.352 e. The smallest absolute Gasteiger partial charge is 0.225 e. The van der Waals surface area contributed by atoms with Gasteiger partial charge in [-0.1, -0.05) is 37.3 Å². The van der Waals surface area contributed by atoms with Gasteiger partial charge in [-0.15, -0.1) is 0 Å². The summed E-state index contributed by atoms with van der Waals surface area (Å²) in [6, 6.07) is 10.7. The van der Waals surface area contributed by atoms with Crippen molar-refractivity contribution in [2.45, 2.75) is 25.8 Å². The summed E-state index contributed by atoms with van der Waals surface area (Å²) in [5.74, 6) is 0.448. The second-order valence-corrected chi connectivity index (χ2v) is 3.82. The van der Waals surface area contributed by atoms with Gasteiger partial charge in [0.2, 0.25) is 5.91 Å². The Morgan fingerprint density at radius 3 is 2.57 bits per heavy atom. The average Bonchev–Trinajstić information content (AvgIpc) is 2.19. The molecule has 1 heterocycles. The predicted molar refractivity (Wildman–Crippen MR) is 55.9 cm³/mol. The zero-order valence-electron chi connectivity index (χ0n) is 8.36. The maximum Gasteiger partial charge on any atom is 0.225 e. The quantitative estimate of drug-likeness (QED) is 0.721. The highest BCUT2D eigenvalue weighted by Gasteiger charge is 2.37. The van der Waals surface area contributed by atoms with E-state index >= 15 is 0 Å². The Kier molecular flexibility index (Phi) is 2.53. The molecule has 74 valence electrons. The van der Waals surface area contributed by atoms with E-state index in [1.54, 1.807) is 0 Å². The van der Waals surface area contributed by atoms with Crippen molar-refractivity contribution in [3.8, 4) is 0 Å². The van der Waals surface area contributed by atoms with Gasteiger partial charge in [-0.25, -0.2) is 0 Å². The zero-order valence-corrected chi connectivity index (χ0v) is 8.36. The lowest BCUT2D eigenvalue weighted by atomic mass is 9.84. The first-order chi connectivity index (χ1) is 6.81. The van der Waals surface area contributed by atoms with E-state index in [0.29, 0.717) is 6.04 Å². The molecule has 14 heavy (non-hydrogen) atoms. The Hall–Kier alpha value is -1.31. The molecule has 0 aliphatic carbocycles. The van der Waals surface area contributed by atoms with E-state index in [0.717, 1.165) is 12.8 Å². The van der Waals surface area contributed by atoms with Gasteiger partial charge in [0.05, 0.1) is 5.92 Å². The van der Waals surface area contributed by atoms with Crippen LogP contribution in [0.5, 0.6) is 0 Å². The van der Waals surface area contributed by atoms with Gasteiger partial charge in [-0.05, 0) is 18.4 Å². The van der Waals surface area contributed by atoms with Crippen LogP contribution in [-0.4, -0.2) is 11.9 Å². The van der Waals surface area contributed by atoms with E-state index in [1.807, 2.05) is 18.2 Å². The highest BCUT2D eigenvalue weighted by molar-refractivity contribution is 5.85. The molecule has 0 saturated carbocycles. The van der Waals surface area contributed by atoms with Crippen LogP contribution in [-0.2, 0) is 11.2 Å². The lowest BCUT2D eigenvalue weighted by Crippen LogP contribution is -2.58. The fourth-order valence-corrected chi connectivity index (χ4v) is 2.01. The second kappa shape index (κ2) is 3.82. The first-order valence-corrected chi connectivity index (χ1v) is 5.15. The molecule has 1 fully saturated rings. The molecule has 0 spiro atoms. The van der Waals surface area contributed by atoms with Crippen LogP contribution in [0.1, 0.15) is 18.9 Å². The van der Waals surface area contributed by atoms with Crippen LogP contribution < -0.4 is 5.32 Å². The van der Waals surface area contributed by atoms with Crippen LogP contribution >= 0.6 is 0 Å². The minimum absolute atomic E-state index is 0.216. The summed E-state index contributed by atoms with van der Waals surface area (Å²) in [4.78, 5) is 11.2. The third kappa shape index (κ3) is 1.65. The third-order valence-corrected chi connectivity index (χ3v) is 2.89. The molecule has 1 aromatic rings. The lowest BCUT2D eigenvalue weighted by Gasteiger charge is -2.36. The Morgan fingerprint density at radius 2 is 2.00 bits per heavy atom. The van der Waals surface area contributed by atoms with Gasteiger partial charge < -0.3 is 5.32 Å². The first kappa shape index (κ1) is 9.25. The number of hydrogen-bond donors (Lipinski definition) is 1. The molecule has 1 saturated heterocycles. The standard InChI is InChI=1S/C12H15NO/c1-2-10-11(13-12(10)14)8-9-6-4-3-5-7-9/h3-7,10-11H,2,8H2,1H3,(H,13,14). The molecule has 2 nitrogen and oxygen atoms in total. The van der Waals surface area contributed by atoms with Gasteiger partial charge in [-0.3, -0.25) is 4.79 Å². The molecule has 1 aliphatic heterocycles. The second-order valence-electron chi connectivity index (χ2n) is 3.82. The molecule has 0 aromatic heterocycles. The Morgan fingerprint density at radius 1 is 1.29 bits per heavy atom. The molecule has 2 atom stereocenters. The van der Waals surface area contributed by atoms with Gasteiger partial charge in [-0.2, -0.15) is 0 Å². The van der Waals surface area contributed by atoms with Crippen molar-refractivity contribution >= 4 is 5.91 Å². The highest BCUT2D eigenvalue weighted by atomic mass is 16.2. The van der Waals surface area contributed by atoms with Gasteiger partial charge in [0.1, 0.15) is 0 Å². The molecular weight excluding hydrogens is 174 g/mol. The number of nitrogens with one attached hydrogen (secondary N) is 1. The van der Waals surface area contributed by atoms with E-state index in [2.05, 4.69) is 24.4 Å². The number of hydrogen-bond acceptors (Lipinski definition) is 1. The summed E-state index contributed by atoms with van der Waals surface area (Å²) in [6.07, 6.45) is 1.91. The molecule has 0 radical (unpaired) electrons. The maximum absolute atomic E-state index is 11.2. The van der Waals surface area contributed by atoms with E-state index in [-0.39, 0.29) is 11.8 Å². The fourth-order valence-electron chi connectivity index (χ4n) is 2.01. The Labute approximate surface area is 84.3 Å². The molecule has 1 amide bonds. The SMILES string of the molecule is CCC1C(=O)NC1Cc1ccccc1. The summed E-state index contributed by atoms with van der Waals surface area (Å²) in [6.45, 7) is 2.07. The van der Waals surface area contributed by atoms with E-state index in [4.69, 9.17) is 0 Å². The summed E-state index contributed by atoms with van der Waals surface area (Å²) in [5, 5.41) is 2.95. The van der Waals surface area contributed by atoms with Crippen LogP contribution in [0.2, 0.25) is 0 Å². The summed E-state index contributed by atoms with van der Waals surface area (Å²) < 4.78 is 0. The van der Waals surface area contributed by atoms with E-state index in [1.165, 1.54) is 5.56 Å². The minimum Gasteiger partial charge on any atom is -0.352 e. The number of rotatable bonds is 3. The van der Waals surface area contributed by atoms with Crippen molar-refractivity contribution in [1.82, 2.24) is 5.32 Å². The lowest BCUT2D eigenvalue weighted by molar-refractivity contribution is -0.135. The molecule has 2 heteroatoms. The van der Waals surface area contributed by atoms with Crippen molar-refractivity contribution in [2.24, 2.45) is 5.92 Å². The summed E-state index contributed by atoms with van der Waals surface area (Å²) in [5.41, 5.74) is 1.30. The Balaban J connectivity index is 1.97. The van der Waals surface area contributed by atoms with Crippen molar-refractivity contribution in [2.75, 3.05) is 0 Å². The molecule has 1 aromatic carbocycles. The topological polar surface area (TPSA) is 29.1 Å². The van der Waals surface area contributed by atoms with Gasteiger partial charge in [0, 0.05) is 6.04 Å². The van der Waals surface area contributed by atoms with Gasteiger partial charge in [0.15, 0.2) is 0 Å². The molecule has 1 N–H and O–H groups in total. The molecule has 2 unspecified atom stereocenters. The van der Waals surface area contributed by atoms with Crippen molar-refractivity contribution in [3.05, 3.63) is 35.9 Å². The average molecular weight is 189 g/mol. The van der Waals surface area contributed by atoms with Crippen LogP contribution in [0.3, 0.4) is 0 Å². The summed E-state index contributed by atoms with van der Waals surface area (Å²) in [7, 11) is 0. The Bertz CT molecular complexity index is 320. The predicted octanol–water partition coefficient (Wildman–Crippen LogP) is 1.75.